The Balaban J connectivity index is 0.00000378. The van der Waals surface area contributed by atoms with Gasteiger partial charge in [-0.25, -0.2) is 14.6 Å². The lowest BCUT2D eigenvalue weighted by atomic mass is 10.1. The number of benzene rings is 1. The van der Waals surface area contributed by atoms with Gasteiger partial charge in [-0.15, -0.1) is 0 Å². The van der Waals surface area contributed by atoms with E-state index in [0.717, 1.165) is 49.4 Å². The first-order valence-corrected chi connectivity index (χ1v) is 16.0. The number of nitrogens with zero attached hydrogens (tertiary/aromatic N) is 8. The highest BCUT2D eigenvalue weighted by Crippen LogP contribution is 2.28. The van der Waals surface area contributed by atoms with E-state index < -0.39 is 6.61 Å². The Morgan fingerprint density at radius 3 is 2.55 bits per heavy atom. The van der Waals surface area contributed by atoms with Crippen LogP contribution in [0.15, 0.2) is 89.0 Å². The predicted molar refractivity (Wildman–Crippen MR) is 194 cm³/mol. The normalized spacial score (nSPS) is 16.9. The van der Waals surface area contributed by atoms with Crippen molar-refractivity contribution in [2.45, 2.75) is 25.6 Å². The van der Waals surface area contributed by atoms with Crippen molar-refractivity contribution in [3.8, 4) is 17.1 Å². The number of para-hydroxylation sites is 1. The first-order valence-electron chi connectivity index (χ1n) is 16.0. The zero-order chi connectivity index (χ0) is 32.9. The average molecular weight is 680 g/mol. The van der Waals surface area contributed by atoms with Crippen molar-refractivity contribution in [3.63, 3.8) is 0 Å². The van der Waals surface area contributed by atoms with Gasteiger partial charge >= 0.3 is 0 Å². The average Bonchev–Trinajstić information content (AvgIpc) is 3.46. The second-order valence-electron chi connectivity index (χ2n) is 12.4. The number of pyridine rings is 2. The van der Waals surface area contributed by atoms with Crippen LogP contribution in [0.4, 0.5) is 17.2 Å². The lowest BCUT2D eigenvalue weighted by Crippen LogP contribution is -2.59. The molecule has 0 saturated carbocycles. The molecule has 13 nitrogen and oxygen atoms in total. The summed E-state index contributed by atoms with van der Waals surface area (Å²) in [5.41, 5.74) is 3.46. The van der Waals surface area contributed by atoms with Gasteiger partial charge in [0.05, 0.1) is 49.0 Å². The van der Waals surface area contributed by atoms with E-state index in [1.807, 2.05) is 59.3 Å². The van der Waals surface area contributed by atoms with Crippen LogP contribution in [0, 0.1) is 0 Å². The molecule has 2 saturated heterocycles. The topological polar surface area (TPSA) is 135 Å². The number of ether oxygens (including phenoxy) is 1. The molecular formula is C35H37N9O4S. The van der Waals surface area contributed by atoms with Crippen LogP contribution in [0.25, 0.3) is 33.5 Å². The first kappa shape index (κ1) is 32.5. The van der Waals surface area contributed by atoms with Crippen molar-refractivity contribution >= 4 is 47.1 Å². The second-order valence-corrected chi connectivity index (χ2v) is 12.4. The number of aryl methyl sites for hydroxylation is 1. The number of piperazine rings is 1. The van der Waals surface area contributed by atoms with Crippen LogP contribution in [0.2, 0.25) is 0 Å². The minimum absolute atomic E-state index is 0. The van der Waals surface area contributed by atoms with Crippen LogP contribution in [0.5, 0.6) is 0 Å². The van der Waals surface area contributed by atoms with Gasteiger partial charge in [-0.05, 0) is 43.3 Å². The molecule has 0 amide bonds. The molecule has 1 aromatic carbocycles. The molecule has 14 heteroatoms. The van der Waals surface area contributed by atoms with Gasteiger partial charge in [0.1, 0.15) is 22.8 Å². The third-order valence-electron chi connectivity index (χ3n) is 9.45. The molecule has 5 aromatic heterocycles. The predicted octanol–water partition coefficient (Wildman–Crippen LogP) is 3.05. The van der Waals surface area contributed by atoms with Gasteiger partial charge in [-0.2, -0.15) is 18.6 Å². The van der Waals surface area contributed by atoms with Gasteiger partial charge in [-0.1, -0.05) is 18.2 Å². The number of aliphatic hydroxyl groups is 1. The third-order valence-corrected chi connectivity index (χ3v) is 9.45. The Hall–Kier alpha value is -5.02. The number of aromatic nitrogens is 6. The molecule has 0 aliphatic carbocycles. The van der Waals surface area contributed by atoms with Crippen molar-refractivity contribution in [1.82, 2.24) is 33.6 Å². The van der Waals surface area contributed by atoms with Gasteiger partial charge in [0.15, 0.2) is 0 Å². The molecule has 0 bridgehead atoms. The Morgan fingerprint density at radius 2 is 1.82 bits per heavy atom. The Morgan fingerprint density at radius 1 is 0.980 bits per heavy atom. The van der Waals surface area contributed by atoms with E-state index in [4.69, 9.17) is 4.74 Å². The van der Waals surface area contributed by atoms with Gasteiger partial charge in [0.2, 0.25) is 0 Å². The van der Waals surface area contributed by atoms with Gasteiger partial charge in [0.25, 0.3) is 11.1 Å². The van der Waals surface area contributed by atoms with E-state index in [1.165, 1.54) is 9.25 Å². The van der Waals surface area contributed by atoms with E-state index in [1.54, 1.807) is 31.6 Å². The van der Waals surface area contributed by atoms with Crippen molar-refractivity contribution in [3.05, 3.63) is 106 Å². The fourth-order valence-corrected chi connectivity index (χ4v) is 6.81. The molecule has 0 spiro atoms. The number of anilines is 3. The molecule has 2 fully saturated rings. The zero-order valence-electron chi connectivity index (χ0n) is 27.2. The molecule has 2 aliphatic heterocycles. The van der Waals surface area contributed by atoms with E-state index in [0.29, 0.717) is 40.2 Å². The van der Waals surface area contributed by atoms with E-state index in [-0.39, 0.29) is 36.1 Å². The largest absolute Gasteiger partial charge is 0.392 e. The van der Waals surface area contributed by atoms with Crippen LogP contribution in [-0.4, -0.2) is 83.7 Å². The molecule has 1 atom stereocenters. The molecule has 0 unspecified atom stereocenters. The molecule has 2 aliphatic rings. The van der Waals surface area contributed by atoms with Gasteiger partial charge < -0.3 is 24.5 Å². The molecule has 8 rings (SSSR count). The number of aliphatic hydroxyl groups excluding tert-OH is 1. The minimum atomic E-state index is -0.406. The summed E-state index contributed by atoms with van der Waals surface area (Å²) in [4.78, 5) is 40.9. The fraction of sp³-hybridized carbons (Fsp3) is 0.286. The van der Waals surface area contributed by atoms with Crippen LogP contribution in [0.1, 0.15) is 12.5 Å². The molecule has 6 aromatic rings. The summed E-state index contributed by atoms with van der Waals surface area (Å²) in [7, 11) is 1.57. The quantitative estimate of drug-likeness (QED) is 0.259. The Bertz CT molecular complexity index is 2280. The van der Waals surface area contributed by atoms with Crippen molar-refractivity contribution in [1.29, 1.82) is 0 Å². The van der Waals surface area contributed by atoms with Gasteiger partial charge in [-0.3, -0.25) is 19.1 Å². The van der Waals surface area contributed by atoms with Crippen LogP contribution in [0.3, 0.4) is 0 Å². The standard InChI is InChI=1S/C35H35N9O4.H2S/c1-22-18-41(25-20-48-21-25)11-12-42(22)24-7-8-32(37-17-24)38-29-16-28(39-40(2)34(29)46)26-9-10-36-33(27(26)19-45)44-14-13-43-30-6-4-3-5-23(30)15-31(43)35(44)47;/h3-10,13-17,22,25,45H,11-12,18-21H2,1-2H3,(H,37,38);1H2/t22-;/m0./s1. The monoisotopic (exact) mass is 679 g/mol. The lowest BCUT2D eigenvalue weighted by molar-refractivity contribution is -0.0691. The number of rotatable bonds is 7. The molecule has 0 radical (unpaired) electrons. The third kappa shape index (κ3) is 5.76. The molecule has 49 heavy (non-hydrogen) atoms. The summed E-state index contributed by atoms with van der Waals surface area (Å²) in [5, 5.41) is 19.2. The van der Waals surface area contributed by atoms with Crippen molar-refractivity contribution in [2.75, 3.05) is 43.1 Å². The number of hydrogen-bond donors (Lipinski definition) is 2. The zero-order valence-corrected chi connectivity index (χ0v) is 28.2. The number of hydrogen-bond acceptors (Lipinski definition) is 10. The molecule has 7 heterocycles. The first-order chi connectivity index (χ1) is 23.4. The summed E-state index contributed by atoms with van der Waals surface area (Å²) in [5.74, 6) is 0.800. The van der Waals surface area contributed by atoms with Crippen LogP contribution in [-0.2, 0) is 18.4 Å². The Kier molecular flexibility index (Phi) is 8.71. The summed E-state index contributed by atoms with van der Waals surface area (Å²) < 4.78 is 9.89. The van der Waals surface area contributed by atoms with Crippen LogP contribution < -0.4 is 21.3 Å². The summed E-state index contributed by atoms with van der Waals surface area (Å²) >= 11 is 0. The van der Waals surface area contributed by atoms with Crippen LogP contribution >= 0.6 is 13.5 Å². The van der Waals surface area contributed by atoms with Crippen molar-refractivity contribution < 1.29 is 9.84 Å². The summed E-state index contributed by atoms with van der Waals surface area (Å²) in [6, 6.07) is 17.7. The molecule has 252 valence electrons. The lowest BCUT2D eigenvalue weighted by Gasteiger charge is -2.46. The number of fused-ring (bicyclic) bond motifs is 3. The maximum Gasteiger partial charge on any atom is 0.290 e. The van der Waals surface area contributed by atoms with Gasteiger partial charge in [0, 0.05) is 67.8 Å². The van der Waals surface area contributed by atoms with Crippen molar-refractivity contribution in [2.24, 2.45) is 7.05 Å². The maximum atomic E-state index is 13.7. The number of nitrogens with one attached hydrogen (secondary N) is 1. The summed E-state index contributed by atoms with van der Waals surface area (Å²) in [6.07, 6.45) is 6.85. The Labute approximate surface area is 288 Å². The van der Waals surface area contributed by atoms with E-state index in [9.17, 15) is 14.7 Å². The highest BCUT2D eigenvalue weighted by atomic mass is 32.1. The highest BCUT2D eigenvalue weighted by Gasteiger charge is 2.32. The van der Waals surface area contributed by atoms with E-state index >= 15 is 0 Å². The fourth-order valence-electron chi connectivity index (χ4n) is 6.81. The highest BCUT2D eigenvalue weighted by molar-refractivity contribution is 7.59. The van der Waals surface area contributed by atoms with E-state index in [2.05, 4.69) is 37.1 Å². The molecule has 2 N–H and O–H groups in total. The minimum Gasteiger partial charge on any atom is -0.392 e. The molecular weight excluding hydrogens is 643 g/mol. The maximum absolute atomic E-state index is 13.7. The smallest absolute Gasteiger partial charge is 0.290 e. The summed E-state index contributed by atoms with van der Waals surface area (Å²) in [6.45, 7) is 6.31. The second kappa shape index (κ2) is 13.1. The SMILES string of the molecule is C[C@H]1CN(C2COC2)CCN1c1ccc(Nc2cc(-c3ccnc(-n4ccn5c(cc6ccccc65)c4=O)c3CO)nn(C)c2=O)nc1.S.